The number of pyridine rings is 1. The fraction of sp³-hybridized carbons (Fsp3) is 0.640. The van der Waals surface area contributed by atoms with E-state index >= 15 is 0 Å². The Kier molecular flexibility index (Phi) is 7.12. The molecule has 3 atom stereocenters. The van der Waals surface area contributed by atoms with Crippen LogP contribution in [0.4, 0.5) is 5.82 Å². The number of amides is 2. The summed E-state index contributed by atoms with van der Waals surface area (Å²) in [6.45, 7) is 6.47. The Hall–Kier alpha value is -3.01. The van der Waals surface area contributed by atoms with Gasteiger partial charge in [-0.15, -0.1) is 5.10 Å². The average molecular weight is 484 g/mol. The first-order chi connectivity index (χ1) is 16.6. The Balaban J connectivity index is 1.46. The molecule has 2 aliphatic rings. The molecule has 0 bridgehead atoms. The van der Waals surface area contributed by atoms with Crippen molar-refractivity contribution in [1.29, 1.82) is 0 Å². The molecule has 0 spiro atoms. The van der Waals surface area contributed by atoms with Gasteiger partial charge in [-0.3, -0.25) is 9.59 Å². The highest BCUT2D eigenvalue weighted by Crippen LogP contribution is 2.40. The van der Waals surface area contributed by atoms with Crippen LogP contribution in [0.25, 0.3) is 0 Å². The number of hydrogen-bond acceptors (Lipinski definition) is 7. The number of aromatic nitrogens is 4. The molecule has 1 saturated carbocycles. The molecule has 2 amide bonds. The first-order valence-corrected chi connectivity index (χ1v) is 12.4. The van der Waals surface area contributed by atoms with E-state index < -0.39 is 23.6 Å². The standard InChI is InChI=1S/C25H37N7O3/c1-25(2,3)21(32-15-19(28-29-32)16-8-9-16)24(35)31-14-18(33)13-20(31)23(34)27-12-10-17-7-6-11-26-22(17)30(4)5/h6-7,11,15-16,18,20-21,33H,8-10,12-14H2,1-5H3,(H,27,34)/t18?,20?,21-/m1/s1. The molecule has 0 radical (unpaired) electrons. The first kappa shape index (κ1) is 25.1. The normalized spacial score (nSPS) is 21.1. The molecule has 10 heteroatoms. The van der Waals surface area contributed by atoms with Crippen LogP contribution < -0.4 is 10.2 Å². The lowest BCUT2D eigenvalue weighted by Crippen LogP contribution is -2.50. The number of nitrogens with zero attached hydrogens (tertiary/aromatic N) is 6. The molecule has 1 aliphatic heterocycles. The van der Waals surface area contributed by atoms with Crippen LogP contribution in [-0.4, -0.2) is 81.1 Å². The summed E-state index contributed by atoms with van der Waals surface area (Å²) in [6.07, 6.45) is 5.90. The minimum Gasteiger partial charge on any atom is -0.391 e. The van der Waals surface area contributed by atoms with Crippen molar-refractivity contribution >= 4 is 17.6 Å². The van der Waals surface area contributed by atoms with Crippen molar-refractivity contribution in [2.75, 3.05) is 32.1 Å². The second kappa shape index (κ2) is 9.93. The van der Waals surface area contributed by atoms with Gasteiger partial charge >= 0.3 is 0 Å². The third-order valence-electron chi connectivity index (χ3n) is 6.69. The van der Waals surface area contributed by atoms with E-state index in [-0.39, 0.29) is 24.8 Å². The monoisotopic (exact) mass is 483 g/mol. The average Bonchev–Trinajstić information content (AvgIpc) is 3.40. The molecule has 10 nitrogen and oxygen atoms in total. The smallest absolute Gasteiger partial charge is 0.248 e. The van der Waals surface area contributed by atoms with Crippen molar-refractivity contribution in [3.05, 3.63) is 35.8 Å². The van der Waals surface area contributed by atoms with Gasteiger partial charge in [-0.1, -0.05) is 32.1 Å². The van der Waals surface area contributed by atoms with Crippen molar-refractivity contribution in [3.8, 4) is 0 Å². The predicted molar refractivity (Wildman–Crippen MR) is 132 cm³/mol. The number of carbonyl (C=O) groups is 2. The number of β-amino-alcohol motifs (C(OH)–C–C–N with tert-alkyl or cyclic N) is 1. The SMILES string of the molecule is CN(C)c1ncccc1CCNC(=O)C1CC(O)CN1C(=O)[C@@H](n1cc(C2CC2)nn1)C(C)(C)C. The highest BCUT2D eigenvalue weighted by molar-refractivity contribution is 5.90. The summed E-state index contributed by atoms with van der Waals surface area (Å²) >= 11 is 0. The maximum atomic E-state index is 13.8. The van der Waals surface area contributed by atoms with E-state index in [1.807, 2.05) is 58.1 Å². The Morgan fingerprint density at radius 2 is 2.03 bits per heavy atom. The zero-order valence-corrected chi connectivity index (χ0v) is 21.3. The fourth-order valence-corrected chi connectivity index (χ4v) is 4.79. The number of hydrogen-bond donors (Lipinski definition) is 2. The van der Waals surface area contributed by atoms with Crippen LogP contribution in [0.3, 0.4) is 0 Å². The second-order valence-corrected chi connectivity index (χ2v) is 11.0. The van der Waals surface area contributed by atoms with Gasteiger partial charge in [-0.05, 0) is 36.3 Å². The molecule has 190 valence electrons. The van der Waals surface area contributed by atoms with Gasteiger partial charge in [-0.2, -0.15) is 0 Å². The first-order valence-electron chi connectivity index (χ1n) is 12.4. The fourth-order valence-electron chi connectivity index (χ4n) is 4.79. The van der Waals surface area contributed by atoms with Crippen molar-refractivity contribution in [2.24, 2.45) is 5.41 Å². The summed E-state index contributed by atoms with van der Waals surface area (Å²) in [5.41, 5.74) is 1.49. The number of likely N-dealkylation sites (tertiary alicyclic amines) is 1. The molecule has 2 unspecified atom stereocenters. The lowest BCUT2D eigenvalue weighted by molar-refractivity contribution is -0.144. The highest BCUT2D eigenvalue weighted by atomic mass is 16.3. The van der Waals surface area contributed by atoms with E-state index in [4.69, 9.17) is 0 Å². The number of rotatable bonds is 8. The zero-order valence-electron chi connectivity index (χ0n) is 21.3. The maximum Gasteiger partial charge on any atom is 0.248 e. The molecule has 4 rings (SSSR count). The number of carbonyl (C=O) groups excluding carboxylic acids is 2. The van der Waals surface area contributed by atoms with Crippen molar-refractivity contribution < 1.29 is 14.7 Å². The van der Waals surface area contributed by atoms with E-state index in [1.165, 1.54) is 4.90 Å². The molecule has 3 heterocycles. The number of nitrogens with one attached hydrogen (secondary N) is 1. The van der Waals surface area contributed by atoms with Crippen molar-refractivity contribution in [3.63, 3.8) is 0 Å². The second-order valence-electron chi connectivity index (χ2n) is 11.0. The van der Waals surface area contributed by atoms with Crippen LogP contribution >= 0.6 is 0 Å². The van der Waals surface area contributed by atoms with Gasteiger partial charge in [0.15, 0.2) is 0 Å². The minimum absolute atomic E-state index is 0.126. The predicted octanol–water partition coefficient (Wildman–Crippen LogP) is 1.52. The van der Waals surface area contributed by atoms with Crippen LogP contribution in [0.2, 0.25) is 0 Å². The molecule has 2 fully saturated rings. The molecular formula is C25H37N7O3. The van der Waals surface area contributed by atoms with Gasteiger partial charge in [0, 0.05) is 51.9 Å². The minimum atomic E-state index is -0.744. The summed E-state index contributed by atoms with van der Waals surface area (Å²) in [7, 11) is 3.87. The van der Waals surface area contributed by atoms with E-state index in [9.17, 15) is 14.7 Å². The largest absolute Gasteiger partial charge is 0.391 e. The summed E-state index contributed by atoms with van der Waals surface area (Å²) in [6, 6.07) is 2.52. The topological polar surface area (TPSA) is 116 Å². The van der Waals surface area contributed by atoms with Gasteiger partial charge in [0.1, 0.15) is 17.9 Å². The third-order valence-corrected chi connectivity index (χ3v) is 6.69. The molecular weight excluding hydrogens is 446 g/mol. The zero-order chi connectivity index (χ0) is 25.3. The Bertz CT molecular complexity index is 1060. The van der Waals surface area contributed by atoms with Crippen LogP contribution in [0.15, 0.2) is 24.5 Å². The summed E-state index contributed by atoms with van der Waals surface area (Å²) in [5, 5.41) is 21.9. The molecule has 0 aromatic carbocycles. The molecule has 1 aliphatic carbocycles. The van der Waals surface area contributed by atoms with E-state index in [0.29, 0.717) is 18.9 Å². The van der Waals surface area contributed by atoms with E-state index in [1.54, 1.807) is 10.9 Å². The molecule has 1 saturated heterocycles. The van der Waals surface area contributed by atoms with Crippen molar-refractivity contribution in [2.45, 2.75) is 70.6 Å². The molecule has 2 aromatic heterocycles. The third kappa shape index (κ3) is 5.63. The van der Waals surface area contributed by atoms with E-state index in [0.717, 1.165) is 29.9 Å². The summed E-state index contributed by atoms with van der Waals surface area (Å²) in [4.78, 5) is 34.8. The Morgan fingerprint density at radius 1 is 1.29 bits per heavy atom. The molecule has 2 N–H and O–H groups in total. The Labute approximate surface area is 206 Å². The highest BCUT2D eigenvalue weighted by Gasteiger charge is 2.45. The maximum absolute atomic E-state index is 13.8. The van der Waals surface area contributed by atoms with Gasteiger partial charge in [0.05, 0.1) is 11.8 Å². The number of aliphatic hydroxyl groups excluding tert-OH is 1. The quantitative estimate of drug-likeness (QED) is 0.585. The van der Waals surface area contributed by atoms with Gasteiger partial charge in [0.25, 0.3) is 0 Å². The van der Waals surface area contributed by atoms with Crippen LogP contribution in [0.1, 0.15) is 63.3 Å². The van der Waals surface area contributed by atoms with Crippen LogP contribution in [0.5, 0.6) is 0 Å². The van der Waals surface area contributed by atoms with Gasteiger partial charge in [0.2, 0.25) is 11.8 Å². The Morgan fingerprint density at radius 3 is 2.69 bits per heavy atom. The summed E-state index contributed by atoms with van der Waals surface area (Å²) in [5.74, 6) is 0.819. The number of aliphatic hydroxyl groups is 1. The lowest BCUT2D eigenvalue weighted by atomic mass is 9.85. The molecule has 35 heavy (non-hydrogen) atoms. The lowest BCUT2D eigenvalue weighted by Gasteiger charge is -2.34. The van der Waals surface area contributed by atoms with Crippen molar-refractivity contribution in [1.82, 2.24) is 30.2 Å². The van der Waals surface area contributed by atoms with Gasteiger partial charge in [-0.25, -0.2) is 9.67 Å². The molecule has 2 aromatic rings. The van der Waals surface area contributed by atoms with E-state index in [2.05, 4.69) is 20.6 Å². The van der Waals surface area contributed by atoms with Gasteiger partial charge < -0.3 is 20.2 Å². The number of anilines is 1. The van der Waals surface area contributed by atoms with Crippen LogP contribution in [-0.2, 0) is 16.0 Å². The summed E-state index contributed by atoms with van der Waals surface area (Å²) < 4.78 is 1.64. The van der Waals surface area contributed by atoms with Crippen LogP contribution in [0, 0.1) is 5.41 Å².